The normalized spacial score (nSPS) is 24.6. The van der Waals surface area contributed by atoms with Crippen LogP contribution in [0.15, 0.2) is 60.7 Å². The second-order valence-electron chi connectivity index (χ2n) is 11.4. The molecule has 181 valence electrons. The molecular weight excluding hydrogens is 424 g/mol. The van der Waals surface area contributed by atoms with E-state index in [1.54, 1.807) is 0 Å². The molecule has 33 heavy (non-hydrogen) atoms. The van der Waals surface area contributed by atoms with E-state index in [1.165, 1.54) is 10.4 Å². The van der Waals surface area contributed by atoms with Crippen molar-refractivity contribution in [3.05, 3.63) is 67.6 Å². The third-order valence-electron chi connectivity index (χ3n) is 6.98. The second-order valence-corrected chi connectivity index (χ2v) is 15.7. The SMILES string of the molecule is [CH2][C@H](C)[C@@H]1OC(C)(C)O[C@H]([C@@H](C)CO[Si](c2ccccc2)(c2ccccc2)C(C)(C)C)[C@@H]1C. The lowest BCUT2D eigenvalue weighted by molar-refractivity contribution is -0.333. The summed E-state index contributed by atoms with van der Waals surface area (Å²) in [5.41, 5.74) is 0. The van der Waals surface area contributed by atoms with Crippen molar-refractivity contribution in [2.24, 2.45) is 17.8 Å². The van der Waals surface area contributed by atoms with Gasteiger partial charge >= 0.3 is 0 Å². The highest BCUT2D eigenvalue weighted by atomic mass is 28.4. The van der Waals surface area contributed by atoms with Crippen LogP contribution in [0.25, 0.3) is 0 Å². The molecule has 1 radical (unpaired) electrons. The maximum absolute atomic E-state index is 7.20. The van der Waals surface area contributed by atoms with Gasteiger partial charge in [0.15, 0.2) is 5.79 Å². The van der Waals surface area contributed by atoms with Crippen molar-refractivity contribution in [3.63, 3.8) is 0 Å². The summed E-state index contributed by atoms with van der Waals surface area (Å²) < 4.78 is 19.9. The Labute approximate surface area is 203 Å². The molecule has 0 bridgehead atoms. The van der Waals surface area contributed by atoms with E-state index in [9.17, 15) is 0 Å². The average molecular weight is 468 g/mol. The van der Waals surface area contributed by atoms with Gasteiger partial charge in [-0.15, -0.1) is 0 Å². The van der Waals surface area contributed by atoms with E-state index in [0.717, 1.165) is 0 Å². The standard InChI is InChI=1S/C29H43O3Si/c1-21(2)26-23(4)27(32-29(8,9)31-26)22(3)20-30-33(28(5,6)7,24-16-12-10-13-17-24)25-18-14-11-15-19-25/h10-19,21-23,26-27H,1,20H2,2-9H3/t21-,22+,23-,26+,27-/m1/s1. The number of hydrogen-bond acceptors (Lipinski definition) is 3. The lowest BCUT2D eigenvalue weighted by atomic mass is 9.83. The molecule has 0 spiro atoms. The van der Waals surface area contributed by atoms with Gasteiger partial charge in [-0.05, 0) is 42.1 Å². The Morgan fingerprint density at radius 1 is 0.909 bits per heavy atom. The topological polar surface area (TPSA) is 27.7 Å². The lowest BCUT2D eigenvalue weighted by Gasteiger charge is -2.49. The van der Waals surface area contributed by atoms with E-state index in [1.807, 2.05) is 13.8 Å². The molecule has 0 aliphatic carbocycles. The van der Waals surface area contributed by atoms with Gasteiger partial charge < -0.3 is 13.9 Å². The summed E-state index contributed by atoms with van der Waals surface area (Å²) in [5, 5.41) is 2.57. The van der Waals surface area contributed by atoms with Crippen molar-refractivity contribution in [2.75, 3.05) is 6.61 Å². The quantitative estimate of drug-likeness (QED) is 0.480. The first kappa shape index (κ1) is 26.1. The minimum Gasteiger partial charge on any atom is -0.407 e. The minimum absolute atomic E-state index is 0.0404. The van der Waals surface area contributed by atoms with Gasteiger partial charge in [0.2, 0.25) is 0 Å². The van der Waals surface area contributed by atoms with Crippen LogP contribution < -0.4 is 10.4 Å². The van der Waals surface area contributed by atoms with E-state index < -0.39 is 14.1 Å². The average Bonchev–Trinajstić information content (AvgIpc) is 2.75. The Morgan fingerprint density at radius 3 is 1.79 bits per heavy atom. The predicted molar refractivity (Wildman–Crippen MR) is 140 cm³/mol. The Kier molecular flexibility index (Phi) is 7.95. The summed E-state index contributed by atoms with van der Waals surface area (Å²) in [6.45, 7) is 22.5. The molecule has 0 saturated carbocycles. The van der Waals surface area contributed by atoms with Crippen LogP contribution in [0, 0.1) is 24.7 Å². The molecule has 2 aromatic carbocycles. The number of ether oxygens (including phenoxy) is 2. The third kappa shape index (κ3) is 5.45. The van der Waals surface area contributed by atoms with Crippen molar-refractivity contribution >= 4 is 18.7 Å². The summed E-state index contributed by atoms with van der Waals surface area (Å²) >= 11 is 0. The smallest absolute Gasteiger partial charge is 0.261 e. The van der Waals surface area contributed by atoms with Crippen LogP contribution in [0.2, 0.25) is 5.04 Å². The first-order valence-electron chi connectivity index (χ1n) is 12.3. The number of benzene rings is 2. The molecule has 1 aliphatic heterocycles. The highest BCUT2D eigenvalue weighted by Gasteiger charge is 2.51. The Morgan fingerprint density at radius 2 is 1.36 bits per heavy atom. The van der Waals surface area contributed by atoms with Gasteiger partial charge in [0.05, 0.1) is 12.2 Å². The van der Waals surface area contributed by atoms with Crippen molar-refractivity contribution in [1.29, 1.82) is 0 Å². The van der Waals surface area contributed by atoms with E-state index in [2.05, 4.69) is 109 Å². The zero-order valence-corrected chi connectivity index (χ0v) is 22.8. The lowest BCUT2D eigenvalue weighted by Crippen LogP contribution is -2.67. The largest absolute Gasteiger partial charge is 0.407 e. The van der Waals surface area contributed by atoms with Gasteiger partial charge in [-0.2, -0.15) is 0 Å². The van der Waals surface area contributed by atoms with Crippen LogP contribution in [-0.2, 0) is 13.9 Å². The summed E-state index contributed by atoms with van der Waals surface area (Å²) in [6, 6.07) is 21.7. The fraction of sp³-hybridized carbons (Fsp3) is 0.552. The first-order chi connectivity index (χ1) is 15.4. The van der Waals surface area contributed by atoms with Gasteiger partial charge in [0.25, 0.3) is 8.32 Å². The Hall–Kier alpha value is -1.46. The molecule has 1 fully saturated rings. The van der Waals surface area contributed by atoms with Crippen LogP contribution in [0.1, 0.15) is 55.4 Å². The molecule has 4 heteroatoms. The zero-order valence-electron chi connectivity index (χ0n) is 21.8. The predicted octanol–water partition coefficient (Wildman–Crippen LogP) is 5.83. The number of rotatable bonds is 7. The van der Waals surface area contributed by atoms with Gasteiger partial charge in [0, 0.05) is 18.4 Å². The molecule has 0 amide bonds. The van der Waals surface area contributed by atoms with Gasteiger partial charge in [-0.3, -0.25) is 0 Å². The monoisotopic (exact) mass is 467 g/mol. The molecule has 3 rings (SSSR count). The molecule has 5 atom stereocenters. The fourth-order valence-electron chi connectivity index (χ4n) is 5.47. The van der Waals surface area contributed by atoms with E-state index in [4.69, 9.17) is 13.9 Å². The molecule has 0 unspecified atom stereocenters. The summed E-state index contributed by atoms with van der Waals surface area (Å²) in [6.07, 6.45) is 0.107. The summed E-state index contributed by atoms with van der Waals surface area (Å²) in [5.74, 6) is 0.0178. The van der Waals surface area contributed by atoms with E-state index >= 15 is 0 Å². The number of hydrogen-bond donors (Lipinski definition) is 0. The van der Waals surface area contributed by atoms with E-state index in [0.29, 0.717) is 6.61 Å². The molecule has 1 aliphatic rings. The van der Waals surface area contributed by atoms with Gasteiger partial charge in [-0.1, -0.05) is 102 Å². The maximum Gasteiger partial charge on any atom is 0.261 e. The Balaban J connectivity index is 1.96. The maximum atomic E-state index is 7.20. The molecule has 1 saturated heterocycles. The summed E-state index contributed by atoms with van der Waals surface area (Å²) in [7, 11) is -2.57. The summed E-state index contributed by atoms with van der Waals surface area (Å²) in [4.78, 5) is 0. The van der Waals surface area contributed by atoms with Crippen LogP contribution in [0.5, 0.6) is 0 Å². The molecule has 2 aromatic rings. The molecular formula is C29H43O3Si. The molecule has 3 nitrogen and oxygen atoms in total. The van der Waals surface area contributed by atoms with Crippen molar-refractivity contribution in [1.82, 2.24) is 0 Å². The zero-order chi connectivity index (χ0) is 24.4. The van der Waals surface area contributed by atoms with Gasteiger partial charge in [-0.25, -0.2) is 0 Å². The first-order valence-corrected chi connectivity index (χ1v) is 14.2. The van der Waals surface area contributed by atoms with E-state index in [-0.39, 0.29) is 35.0 Å². The van der Waals surface area contributed by atoms with Crippen LogP contribution in [0.4, 0.5) is 0 Å². The van der Waals surface area contributed by atoms with Crippen molar-refractivity contribution < 1.29 is 13.9 Å². The van der Waals surface area contributed by atoms with Crippen LogP contribution in [0.3, 0.4) is 0 Å². The highest BCUT2D eigenvalue weighted by Crippen LogP contribution is 2.40. The minimum atomic E-state index is -2.57. The second kappa shape index (κ2) is 10.0. The Bertz CT molecular complexity index is 833. The van der Waals surface area contributed by atoms with Crippen molar-refractivity contribution in [2.45, 2.75) is 78.4 Å². The molecule has 1 heterocycles. The van der Waals surface area contributed by atoms with Crippen LogP contribution in [-0.4, -0.2) is 32.9 Å². The molecule has 0 aromatic heterocycles. The highest BCUT2D eigenvalue weighted by molar-refractivity contribution is 6.99. The van der Waals surface area contributed by atoms with Crippen molar-refractivity contribution in [3.8, 4) is 0 Å². The third-order valence-corrected chi connectivity index (χ3v) is 12.0. The van der Waals surface area contributed by atoms with Gasteiger partial charge in [0.1, 0.15) is 0 Å². The van der Waals surface area contributed by atoms with Crippen LogP contribution >= 0.6 is 0 Å². The fourth-order valence-corrected chi connectivity index (χ4v) is 10.1. The molecule has 0 N–H and O–H groups in total.